The number of rotatable bonds is 10. The Hall–Kier alpha value is -2.46. The van der Waals surface area contributed by atoms with Gasteiger partial charge in [0.15, 0.2) is 0 Å². The van der Waals surface area contributed by atoms with E-state index in [1.165, 1.54) is 23.5 Å². The molecule has 0 radical (unpaired) electrons. The molecule has 34 heavy (non-hydrogen) atoms. The summed E-state index contributed by atoms with van der Waals surface area (Å²) in [6.07, 6.45) is -4.21. The van der Waals surface area contributed by atoms with Gasteiger partial charge in [-0.2, -0.15) is 13.2 Å². The van der Waals surface area contributed by atoms with Gasteiger partial charge in [-0.3, -0.25) is 9.59 Å². The number of hydrogen-bond donors (Lipinski definition) is 2. The summed E-state index contributed by atoms with van der Waals surface area (Å²) in [7, 11) is 3.59. The number of benzene rings is 1. The maximum absolute atomic E-state index is 14.1. The molecular weight excluding hydrogens is 470 g/mol. The van der Waals surface area contributed by atoms with Crippen molar-refractivity contribution in [2.75, 3.05) is 20.6 Å². The predicted molar refractivity (Wildman–Crippen MR) is 123 cm³/mol. The van der Waals surface area contributed by atoms with Crippen LogP contribution in [0.5, 0.6) is 0 Å². The topological polar surface area (TPSA) is 75.4 Å². The lowest BCUT2D eigenvalue weighted by Gasteiger charge is -2.29. The first-order valence-electron chi connectivity index (χ1n) is 11.0. The Kier molecular flexibility index (Phi) is 7.72. The van der Waals surface area contributed by atoms with Crippen molar-refractivity contribution in [3.8, 4) is 0 Å². The summed E-state index contributed by atoms with van der Waals surface area (Å²) in [5.74, 6) is -2.96. The van der Waals surface area contributed by atoms with Gasteiger partial charge < -0.3 is 16.0 Å². The first-order chi connectivity index (χ1) is 15.8. The fraction of sp³-hybridized carbons (Fsp3) is 0.500. The number of primary amides is 1. The van der Waals surface area contributed by atoms with Crippen molar-refractivity contribution in [2.45, 2.75) is 50.7 Å². The molecule has 0 spiro atoms. The number of thiophene rings is 1. The molecule has 1 fully saturated rings. The predicted octanol–water partition coefficient (Wildman–Crippen LogP) is 4.40. The number of nitrogens with two attached hydrogens (primary N) is 1. The van der Waals surface area contributed by atoms with Gasteiger partial charge in [0.2, 0.25) is 5.91 Å². The molecule has 2 atom stereocenters. The maximum atomic E-state index is 14.1. The highest BCUT2D eigenvalue weighted by atomic mass is 32.1. The number of amides is 2. The van der Waals surface area contributed by atoms with Gasteiger partial charge in [0, 0.05) is 29.8 Å². The summed E-state index contributed by atoms with van der Waals surface area (Å²) in [5.41, 5.74) is 4.25. The van der Waals surface area contributed by atoms with Crippen molar-refractivity contribution in [1.82, 2.24) is 10.2 Å². The van der Waals surface area contributed by atoms with E-state index in [-0.39, 0.29) is 37.4 Å². The number of carbonyl (C=O) groups is 2. The molecule has 1 aliphatic carbocycles. The highest BCUT2D eigenvalue weighted by Gasteiger charge is 2.67. The quantitative estimate of drug-likeness (QED) is 0.476. The summed E-state index contributed by atoms with van der Waals surface area (Å²) in [5, 5.41) is 4.49. The smallest absolute Gasteiger partial charge is 0.366 e. The van der Waals surface area contributed by atoms with E-state index in [1.54, 1.807) is 31.6 Å². The highest BCUT2D eigenvalue weighted by molar-refractivity contribution is 7.10. The molecule has 1 heterocycles. The molecule has 1 aromatic carbocycles. The average molecular weight is 500 g/mol. The van der Waals surface area contributed by atoms with Crippen LogP contribution in [0, 0.1) is 18.2 Å². The highest BCUT2D eigenvalue weighted by Crippen LogP contribution is 2.66. The van der Waals surface area contributed by atoms with Gasteiger partial charge in [0.1, 0.15) is 5.82 Å². The Bertz CT molecular complexity index is 1050. The van der Waals surface area contributed by atoms with Crippen molar-refractivity contribution >= 4 is 23.2 Å². The summed E-state index contributed by atoms with van der Waals surface area (Å²) in [6, 6.07) is 5.64. The molecule has 5 nitrogen and oxygen atoms in total. The Balaban J connectivity index is 1.68. The average Bonchev–Trinajstić information content (AvgIpc) is 3.44. The van der Waals surface area contributed by atoms with Crippen molar-refractivity contribution in [3.63, 3.8) is 0 Å². The van der Waals surface area contributed by atoms with Crippen molar-refractivity contribution in [1.29, 1.82) is 0 Å². The molecule has 1 aromatic heterocycles. The molecule has 3 rings (SSSR count). The largest absolute Gasteiger partial charge is 0.395 e. The molecule has 186 valence electrons. The van der Waals surface area contributed by atoms with Crippen LogP contribution in [0.25, 0.3) is 0 Å². The lowest BCUT2D eigenvalue weighted by atomic mass is 9.81. The van der Waals surface area contributed by atoms with Crippen LogP contribution in [-0.4, -0.2) is 49.6 Å². The van der Waals surface area contributed by atoms with Crippen LogP contribution in [0.2, 0.25) is 0 Å². The normalized spacial score (nSPS) is 16.8. The third-order valence-corrected chi connectivity index (χ3v) is 7.48. The van der Waals surface area contributed by atoms with E-state index >= 15 is 0 Å². The number of nitrogens with zero attached hydrogens (tertiary/aromatic N) is 1. The van der Waals surface area contributed by atoms with Gasteiger partial charge in [-0.05, 0) is 75.0 Å². The zero-order chi connectivity index (χ0) is 25.3. The monoisotopic (exact) mass is 499 g/mol. The lowest BCUT2D eigenvalue weighted by Crippen LogP contribution is -2.42. The van der Waals surface area contributed by atoms with E-state index < -0.39 is 35.1 Å². The molecule has 0 saturated heterocycles. The molecule has 2 aromatic rings. The first kappa shape index (κ1) is 26.2. The molecule has 0 bridgehead atoms. The number of likely N-dealkylation sites (N-methyl/N-ethyl adjacent to an activating group) is 1. The van der Waals surface area contributed by atoms with Crippen LogP contribution in [0.3, 0.4) is 0 Å². The Morgan fingerprint density at radius 1 is 1.24 bits per heavy atom. The van der Waals surface area contributed by atoms with Crippen LogP contribution >= 0.6 is 11.3 Å². The van der Waals surface area contributed by atoms with Gasteiger partial charge in [0.05, 0.1) is 11.0 Å². The van der Waals surface area contributed by atoms with Crippen LogP contribution in [0.4, 0.5) is 17.6 Å². The summed E-state index contributed by atoms with van der Waals surface area (Å²) in [4.78, 5) is 26.8. The van der Waals surface area contributed by atoms with Gasteiger partial charge in [0.25, 0.3) is 5.91 Å². The van der Waals surface area contributed by atoms with Gasteiger partial charge in [-0.1, -0.05) is 6.07 Å². The van der Waals surface area contributed by atoms with E-state index in [0.29, 0.717) is 17.5 Å². The van der Waals surface area contributed by atoms with E-state index in [9.17, 15) is 27.2 Å². The molecule has 10 heteroatoms. The van der Waals surface area contributed by atoms with E-state index in [0.717, 1.165) is 4.88 Å². The molecule has 3 N–H and O–H groups in total. The molecule has 1 saturated carbocycles. The van der Waals surface area contributed by atoms with Crippen LogP contribution < -0.4 is 11.1 Å². The Morgan fingerprint density at radius 2 is 1.91 bits per heavy atom. The number of alkyl halides is 3. The van der Waals surface area contributed by atoms with Gasteiger partial charge in [-0.15, -0.1) is 11.3 Å². The second kappa shape index (κ2) is 10.0. The van der Waals surface area contributed by atoms with Crippen LogP contribution in [-0.2, 0) is 11.2 Å². The van der Waals surface area contributed by atoms with Crippen LogP contribution in [0.1, 0.15) is 51.5 Å². The number of nitrogens with one attached hydrogen (secondary N) is 1. The molecular formula is C24H29F4N3O2S. The number of carbonyl (C=O) groups excluding carboxylic acids is 2. The zero-order valence-corrected chi connectivity index (χ0v) is 20.2. The number of aryl methyl sites for hydroxylation is 1. The van der Waals surface area contributed by atoms with Gasteiger partial charge >= 0.3 is 6.18 Å². The molecule has 0 aliphatic heterocycles. The fourth-order valence-corrected chi connectivity index (χ4v) is 5.09. The van der Waals surface area contributed by atoms with E-state index in [2.05, 4.69) is 5.32 Å². The minimum atomic E-state index is -4.37. The molecule has 1 aliphatic rings. The fourth-order valence-electron chi connectivity index (χ4n) is 4.33. The summed E-state index contributed by atoms with van der Waals surface area (Å²) >= 11 is 1.38. The van der Waals surface area contributed by atoms with Crippen molar-refractivity contribution in [3.05, 3.63) is 57.0 Å². The molecule has 2 amide bonds. The second-order valence-electron chi connectivity index (χ2n) is 9.21. The van der Waals surface area contributed by atoms with E-state index in [1.807, 2.05) is 11.8 Å². The Morgan fingerprint density at radius 3 is 2.38 bits per heavy atom. The van der Waals surface area contributed by atoms with Crippen molar-refractivity contribution < 1.29 is 27.2 Å². The van der Waals surface area contributed by atoms with Crippen molar-refractivity contribution in [2.24, 2.45) is 11.1 Å². The van der Waals surface area contributed by atoms with Gasteiger partial charge in [-0.25, -0.2) is 4.39 Å². The third-order valence-electron chi connectivity index (χ3n) is 6.60. The molecule has 0 unspecified atom stereocenters. The lowest BCUT2D eigenvalue weighted by molar-refractivity contribution is -0.194. The standard InChI is InChI=1S/C24H29F4N3O2S/c1-14-8-16(13-34-14)19(23(6-7-23)24(26,27)28)11-21(32)30-12-17(31(2)3)9-15-4-5-18(22(29)33)20(25)10-15/h4-5,8,10,13,17,19H,6-7,9,11-12H2,1-3H3,(H2,29,33)(H,30,32)/t17-,19+/m0/s1. The number of hydrogen-bond acceptors (Lipinski definition) is 4. The minimum Gasteiger partial charge on any atom is -0.366 e. The summed E-state index contributed by atoms with van der Waals surface area (Å²) < 4.78 is 55.7. The third kappa shape index (κ3) is 5.78. The first-order valence-corrected chi connectivity index (χ1v) is 11.8. The number of halogens is 4. The maximum Gasteiger partial charge on any atom is 0.395 e. The van der Waals surface area contributed by atoms with E-state index in [4.69, 9.17) is 5.73 Å². The Labute approximate surface area is 200 Å². The SMILES string of the molecule is Cc1cc([C@@H](CC(=O)NC[C@H](Cc2ccc(C(N)=O)c(F)c2)N(C)C)C2(C(F)(F)F)CC2)cs1. The second-order valence-corrected chi connectivity index (χ2v) is 10.3. The zero-order valence-electron chi connectivity index (χ0n) is 19.3. The van der Waals surface area contributed by atoms with Crippen LogP contribution in [0.15, 0.2) is 29.6 Å². The summed E-state index contributed by atoms with van der Waals surface area (Å²) in [6.45, 7) is 2.01. The minimum absolute atomic E-state index is 0.0243.